The fourth-order valence-corrected chi connectivity index (χ4v) is 5.11. The van der Waals surface area contributed by atoms with Crippen LogP contribution in [0.3, 0.4) is 0 Å². The van der Waals surface area contributed by atoms with Crippen LogP contribution in [0.25, 0.3) is 0 Å². The number of rotatable bonds is 8. The van der Waals surface area contributed by atoms with Gasteiger partial charge in [-0.25, -0.2) is 14.5 Å². The first kappa shape index (κ1) is 24.1. The highest BCUT2D eigenvalue weighted by Crippen LogP contribution is 2.40. The van der Waals surface area contributed by atoms with Gasteiger partial charge in [0.15, 0.2) is 24.8 Å². The van der Waals surface area contributed by atoms with E-state index in [1.807, 2.05) is 36.0 Å². The van der Waals surface area contributed by atoms with Crippen molar-refractivity contribution in [2.45, 2.75) is 31.8 Å². The average Bonchev–Trinajstić information content (AvgIpc) is 2.82. The summed E-state index contributed by atoms with van der Waals surface area (Å²) >= 11 is 1.35. The smallest absolute Gasteiger partial charge is 0.278 e. The zero-order chi connectivity index (χ0) is 25.1. The number of fused-ring (bicyclic) bond motifs is 1. The summed E-state index contributed by atoms with van der Waals surface area (Å²) in [7, 11) is 0. The third kappa shape index (κ3) is 4.94. The number of oxime groups is 1. The zero-order valence-corrected chi connectivity index (χ0v) is 19.8. The lowest BCUT2D eigenvalue weighted by Crippen LogP contribution is -2.71. The lowest BCUT2D eigenvalue weighted by molar-refractivity contribution is -0.689. The second kappa shape index (κ2) is 10.1. The number of carbonyl (C=O) groups is 3. The molecule has 0 spiro atoms. The van der Waals surface area contributed by atoms with E-state index in [9.17, 15) is 19.5 Å². The minimum absolute atomic E-state index is 0.0661. The summed E-state index contributed by atoms with van der Waals surface area (Å²) in [6.45, 7) is 4.10. The van der Waals surface area contributed by atoms with Gasteiger partial charge in [-0.2, -0.15) is 0 Å². The third-order valence-corrected chi connectivity index (χ3v) is 6.64. The molecule has 2 aromatic rings. The van der Waals surface area contributed by atoms with Crippen molar-refractivity contribution in [3.05, 3.63) is 59.4 Å². The number of hydrogen-bond acceptors (Lipinski definition) is 10. The van der Waals surface area contributed by atoms with Crippen molar-refractivity contribution in [3.8, 4) is 0 Å². The normalized spacial score (nSPS) is 19.7. The molecule has 1 saturated heterocycles. The maximum atomic E-state index is 13.0. The first-order valence-electron chi connectivity index (χ1n) is 10.7. The first-order valence-corrected chi connectivity index (χ1v) is 11.8. The summed E-state index contributed by atoms with van der Waals surface area (Å²) in [6.07, 6.45) is 5.07. The predicted molar refractivity (Wildman–Crippen MR) is 123 cm³/mol. The molecule has 2 amide bonds. The Hall–Kier alpha value is -4.00. The summed E-state index contributed by atoms with van der Waals surface area (Å²) in [5.74, 6) is -2.34. The zero-order valence-electron chi connectivity index (χ0n) is 19.0. The van der Waals surface area contributed by atoms with E-state index in [4.69, 9.17) is 10.6 Å². The largest absolute Gasteiger partial charge is 0.543 e. The molecule has 0 aromatic carbocycles. The molecule has 4 heterocycles. The summed E-state index contributed by atoms with van der Waals surface area (Å²) in [6, 6.07) is 4.27. The van der Waals surface area contributed by atoms with E-state index in [0.29, 0.717) is 17.9 Å². The lowest BCUT2D eigenvalue weighted by atomic mass is 10.0. The minimum Gasteiger partial charge on any atom is -0.543 e. The molecular weight excluding hydrogens is 474 g/mol. The predicted octanol–water partition coefficient (Wildman–Crippen LogP) is -1.50. The molecule has 2 aromatic heterocycles. The van der Waals surface area contributed by atoms with E-state index in [-0.39, 0.29) is 29.7 Å². The molecule has 2 atom stereocenters. The Morgan fingerprint density at radius 3 is 2.91 bits per heavy atom. The van der Waals surface area contributed by atoms with E-state index in [2.05, 4.69) is 20.4 Å². The second-order valence-electron chi connectivity index (χ2n) is 7.82. The topological polar surface area (TPSA) is 167 Å². The van der Waals surface area contributed by atoms with Crippen molar-refractivity contribution < 1.29 is 28.9 Å². The van der Waals surface area contributed by atoms with Gasteiger partial charge >= 0.3 is 0 Å². The standard InChI is InChI=1S/C22H23N7O5S/c1-3-34-27-15(18-24-7-6-14(23)25-18)19(30)26-16-20(31)29-17(22(32)33)13(11-35-21(16)29)10-28-8-4-5-12(2)9-28/h4-9,16,21H,3,10-11H2,1-2H3,(H3-,23,24,25,26,30,32,33)/t16?,21-/m0/s1. The van der Waals surface area contributed by atoms with Crippen molar-refractivity contribution in [1.29, 1.82) is 0 Å². The number of carboxylic acids is 1. The van der Waals surface area contributed by atoms with Crippen molar-refractivity contribution in [1.82, 2.24) is 20.2 Å². The molecule has 0 aliphatic carbocycles. The number of aliphatic carboxylic acids is 1. The Morgan fingerprint density at radius 2 is 2.23 bits per heavy atom. The van der Waals surface area contributed by atoms with Crippen molar-refractivity contribution >= 4 is 41.1 Å². The number of nitrogens with two attached hydrogens (primary N) is 1. The van der Waals surface area contributed by atoms with Crippen LogP contribution in [0, 0.1) is 6.92 Å². The Balaban J connectivity index is 1.54. The third-order valence-electron chi connectivity index (χ3n) is 5.30. The molecule has 182 valence electrons. The highest BCUT2D eigenvalue weighted by Gasteiger charge is 2.53. The number of carboxylic acid groups (broad SMARTS) is 1. The number of pyridine rings is 1. The van der Waals surface area contributed by atoms with Gasteiger partial charge in [0.2, 0.25) is 5.71 Å². The van der Waals surface area contributed by atoms with Gasteiger partial charge in [-0.1, -0.05) is 5.16 Å². The second-order valence-corrected chi connectivity index (χ2v) is 8.92. The van der Waals surface area contributed by atoms with Gasteiger partial charge in [-0.3, -0.25) is 14.5 Å². The van der Waals surface area contributed by atoms with Gasteiger partial charge in [0.25, 0.3) is 11.8 Å². The number of carbonyl (C=O) groups excluding carboxylic acids is 3. The van der Waals surface area contributed by atoms with Crippen LogP contribution in [0.1, 0.15) is 18.3 Å². The van der Waals surface area contributed by atoms with E-state index >= 15 is 0 Å². The van der Waals surface area contributed by atoms with Crippen LogP contribution in [0.2, 0.25) is 0 Å². The van der Waals surface area contributed by atoms with E-state index in [0.717, 1.165) is 10.5 Å². The molecule has 4 rings (SSSR count). The van der Waals surface area contributed by atoms with Gasteiger partial charge in [-0.05, 0) is 26.0 Å². The highest BCUT2D eigenvalue weighted by molar-refractivity contribution is 8.00. The molecule has 1 fully saturated rings. The van der Waals surface area contributed by atoms with Crippen LogP contribution in [0.4, 0.5) is 5.82 Å². The molecule has 0 saturated carbocycles. The number of β-lactam (4-membered cyclic amide) rings is 1. The van der Waals surface area contributed by atoms with Crippen molar-refractivity contribution in [3.63, 3.8) is 0 Å². The Bertz CT molecular complexity index is 1250. The van der Waals surface area contributed by atoms with Gasteiger partial charge in [0, 0.05) is 29.2 Å². The molecule has 2 aliphatic heterocycles. The average molecular weight is 498 g/mol. The molecule has 0 bridgehead atoms. The number of hydrogen-bond donors (Lipinski definition) is 2. The van der Waals surface area contributed by atoms with E-state index in [1.54, 1.807) is 6.92 Å². The SMILES string of the molecule is CCON=C(C(=O)NC1C(=O)N2C(C(=O)[O-])=C(C[n+]3cccc(C)c3)CS[C@@H]12)c1nccc(N)n1. The van der Waals surface area contributed by atoms with Gasteiger partial charge in [0.05, 0.1) is 11.7 Å². The van der Waals surface area contributed by atoms with Gasteiger partial charge < -0.3 is 25.8 Å². The van der Waals surface area contributed by atoms with E-state index in [1.165, 1.54) is 24.0 Å². The van der Waals surface area contributed by atoms with Crippen LogP contribution in [0.15, 0.2) is 53.2 Å². The Morgan fingerprint density at radius 1 is 1.43 bits per heavy atom. The molecule has 0 radical (unpaired) electrons. The van der Waals surface area contributed by atoms with Crippen molar-refractivity contribution in [2.75, 3.05) is 18.1 Å². The number of nitrogens with one attached hydrogen (secondary N) is 1. The maximum absolute atomic E-state index is 13.0. The number of nitrogens with zero attached hydrogens (tertiary/aromatic N) is 5. The van der Waals surface area contributed by atoms with Crippen LogP contribution in [0.5, 0.6) is 0 Å². The van der Waals surface area contributed by atoms with Crippen LogP contribution in [-0.2, 0) is 25.8 Å². The Kier molecular flexibility index (Phi) is 6.96. The molecule has 13 heteroatoms. The highest BCUT2D eigenvalue weighted by atomic mass is 32.2. The molecule has 2 aliphatic rings. The lowest BCUT2D eigenvalue weighted by Gasteiger charge is -2.50. The monoisotopic (exact) mass is 497 g/mol. The fraction of sp³-hybridized carbons (Fsp3) is 0.318. The molecule has 35 heavy (non-hydrogen) atoms. The van der Waals surface area contributed by atoms with Crippen LogP contribution < -0.4 is 20.7 Å². The summed E-state index contributed by atoms with van der Waals surface area (Å²) in [5, 5.41) is 17.8. The number of nitrogen functional groups attached to an aromatic ring is 1. The van der Waals surface area contributed by atoms with E-state index < -0.39 is 29.2 Å². The fourth-order valence-electron chi connectivity index (χ4n) is 3.77. The molecule has 1 unspecified atom stereocenters. The van der Waals surface area contributed by atoms with Gasteiger partial charge in [-0.15, -0.1) is 11.8 Å². The van der Waals surface area contributed by atoms with Crippen LogP contribution >= 0.6 is 11.8 Å². The molecule has 3 N–H and O–H groups in total. The summed E-state index contributed by atoms with van der Waals surface area (Å²) in [5.41, 5.74) is 6.83. The minimum atomic E-state index is -1.44. The summed E-state index contributed by atoms with van der Waals surface area (Å²) < 4.78 is 1.85. The number of thioether (sulfide) groups is 1. The van der Waals surface area contributed by atoms with Gasteiger partial charge in [0.1, 0.15) is 23.8 Å². The van der Waals surface area contributed by atoms with Crippen molar-refractivity contribution in [2.24, 2.45) is 5.16 Å². The number of amides is 2. The first-order chi connectivity index (χ1) is 16.8. The summed E-state index contributed by atoms with van der Waals surface area (Å²) in [4.78, 5) is 52.1. The number of anilines is 1. The molecule has 12 nitrogen and oxygen atoms in total. The number of aromatic nitrogens is 3. The Labute approximate surface area is 204 Å². The number of aryl methyl sites for hydroxylation is 1. The molecular formula is C22H23N7O5S. The quantitative estimate of drug-likeness (QED) is 0.191. The van der Waals surface area contributed by atoms with Crippen LogP contribution in [-0.4, -0.2) is 62.1 Å². The maximum Gasteiger partial charge on any atom is 0.278 e.